The molecule has 0 radical (unpaired) electrons. The lowest BCUT2D eigenvalue weighted by atomic mass is 9.96. The van der Waals surface area contributed by atoms with Crippen molar-refractivity contribution in [1.29, 1.82) is 0 Å². The SMILES string of the molecule is Cc1cc(NC(=O)C2CCN(C(=O)N3CCCC3)CC2)n(-c2cccc(Cl)c2)n1. The van der Waals surface area contributed by atoms with Crippen molar-refractivity contribution < 1.29 is 9.59 Å². The molecule has 3 heterocycles. The van der Waals surface area contributed by atoms with Crippen LogP contribution in [0, 0.1) is 12.8 Å². The van der Waals surface area contributed by atoms with Crippen LogP contribution in [0.2, 0.25) is 5.02 Å². The van der Waals surface area contributed by atoms with E-state index in [1.54, 1.807) is 10.7 Å². The highest BCUT2D eigenvalue weighted by Crippen LogP contribution is 2.24. The van der Waals surface area contributed by atoms with Crippen LogP contribution in [0.15, 0.2) is 30.3 Å². The predicted molar refractivity (Wildman–Crippen MR) is 112 cm³/mol. The summed E-state index contributed by atoms with van der Waals surface area (Å²) in [6, 6.07) is 9.34. The van der Waals surface area contributed by atoms with Crippen LogP contribution in [0.3, 0.4) is 0 Å². The molecule has 2 aliphatic heterocycles. The Morgan fingerprint density at radius 3 is 2.45 bits per heavy atom. The summed E-state index contributed by atoms with van der Waals surface area (Å²) in [7, 11) is 0. The number of halogens is 1. The molecule has 0 saturated carbocycles. The highest BCUT2D eigenvalue weighted by molar-refractivity contribution is 6.30. The van der Waals surface area contributed by atoms with Crippen molar-refractivity contribution in [3.05, 3.63) is 41.0 Å². The van der Waals surface area contributed by atoms with Crippen molar-refractivity contribution >= 4 is 29.4 Å². The van der Waals surface area contributed by atoms with Crippen molar-refractivity contribution in [3.63, 3.8) is 0 Å². The number of likely N-dealkylation sites (tertiary alicyclic amines) is 2. The Morgan fingerprint density at radius 2 is 1.76 bits per heavy atom. The first kappa shape index (κ1) is 19.8. The van der Waals surface area contributed by atoms with Gasteiger partial charge in [0.05, 0.1) is 11.4 Å². The summed E-state index contributed by atoms with van der Waals surface area (Å²) < 4.78 is 1.70. The van der Waals surface area contributed by atoms with Crippen LogP contribution in [0.1, 0.15) is 31.4 Å². The molecule has 0 spiro atoms. The van der Waals surface area contributed by atoms with Gasteiger partial charge >= 0.3 is 6.03 Å². The molecule has 7 nitrogen and oxygen atoms in total. The monoisotopic (exact) mass is 415 g/mol. The maximum Gasteiger partial charge on any atom is 0.319 e. The fraction of sp³-hybridized carbons (Fsp3) is 0.476. The molecule has 3 amide bonds. The summed E-state index contributed by atoms with van der Waals surface area (Å²) in [5.74, 6) is 0.493. The van der Waals surface area contributed by atoms with E-state index in [4.69, 9.17) is 11.6 Å². The molecule has 1 aromatic heterocycles. The summed E-state index contributed by atoms with van der Waals surface area (Å²) in [6.45, 7) is 4.84. The van der Waals surface area contributed by atoms with Crippen LogP contribution >= 0.6 is 11.6 Å². The second-order valence-corrected chi connectivity index (χ2v) is 8.23. The summed E-state index contributed by atoms with van der Waals surface area (Å²) >= 11 is 6.10. The molecule has 8 heteroatoms. The first-order valence-electron chi connectivity index (χ1n) is 10.2. The zero-order valence-corrected chi connectivity index (χ0v) is 17.4. The number of anilines is 1. The molecule has 0 bridgehead atoms. The number of urea groups is 1. The van der Waals surface area contributed by atoms with Gasteiger partial charge in [0.25, 0.3) is 0 Å². The van der Waals surface area contributed by atoms with E-state index in [2.05, 4.69) is 10.4 Å². The number of carbonyl (C=O) groups is 2. The molecule has 4 rings (SSSR count). The smallest absolute Gasteiger partial charge is 0.319 e. The zero-order valence-electron chi connectivity index (χ0n) is 16.6. The van der Waals surface area contributed by atoms with Gasteiger partial charge in [-0.05, 0) is 50.8 Å². The third-order valence-corrected chi connectivity index (χ3v) is 5.88. The van der Waals surface area contributed by atoms with E-state index >= 15 is 0 Å². The molecule has 2 aromatic rings. The van der Waals surface area contributed by atoms with Gasteiger partial charge in [-0.15, -0.1) is 0 Å². The lowest BCUT2D eigenvalue weighted by Gasteiger charge is -2.34. The van der Waals surface area contributed by atoms with Gasteiger partial charge in [0.1, 0.15) is 5.82 Å². The number of carbonyl (C=O) groups excluding carboxylic acids is 2. The van der Waals surface area contributed by atoms with Crippen molar-refractivity contribution in [2.75, 3.05) is 31.5 Å². The molecule has 0 unspecified atom stereocenters. The van der Waals surface area contributed by atoms with Crippen molar-refractivity contribution in [1.82, 2.24) is 19.6 Å². The van der Waals surface area contributed by atoms with Gasteiger partial charge in [-0.2, -0.15) is 5.10 Å². The van der Waals surface area contributed by atoms with Crippen molar-refractivity contribution in [2.45, 2.75) is 32.6 Å². The van der Waals surface area contributed by atoms with E-state index in [1.807, 2.05) is 41.0 Å². The highest BCUT2D eigenvalue weighted by Gasteiger charge is 2.30. The molecule has 0 atom stereocenters. The van der Waals surface area contributed by atoms with Gasteiger partial charge in [0.15, 0.2) is 0 Å². The van der Waals surface area contributed by atoms with Gasteiger partial charge < -0.3 is 15.1 Å². The maximum absolute atomic E-state index is 12.9. The average Bonchev–Trinajstić information content (AvgIpc) is 3.37. The van der Waals surface area contributed by atoms with Crippen LogP contribution < -0.4 is 5.32 Å². The summed E-state index contributed by atoms with van der Waals surface area (Å²) in [5.41, 5.74) is 1.61. The third kappa shape index (κ3) is 4.40. The van der Waals surface area contributed by atoms with Crippen LogP contribution in [0.5, 0.6) is 0 Å². The number of nitrogens with one attached hydrogen (secondary N) is 1. The van der Waals surface area contributed by atoms with E-state index < -0.39 is 0 Å². The van der Waals surface area contributed by atoms with Gasteiger partial charge in [-0.3, -0.25) is 4.79 Å². The minimum atomic E-state index is -0.111. The Balaban J connectivity index is 1.39. The fourth-order valence-corrected chi connectivity index (χ4v) is 4.25. The van der Waals surface area contributed by atoms with Crippen LogP contribution in [-0.2, 0) is 4.79 Å². The summed E-state index contributed by atoms with van der Waals surface area (Å²) in [6.07, 6.45) is 3.53. The number of aromatic nitrogens is 2. The number of amides is 3. The van der Waals surface area contributed by atoms with E-state index in [9.17, 15) is 9.59 Å². The summed E-state index contributed by atoms with van der Waals surface area (Å²) in [4.78, 5) is 29.2. The highest BCUT2D eigenvalue weighted by atomic mass is 35.5. The van der Waals surface area contributed by atoms with E-state index in [0.29, 0.717) is 36.8 Å². The van der Waals surface area contributed by atoms with Gasteiger partial charge in [0.2, 0.25) is 5.91 Å². The van der Waals surface area contributed by atoms with E-state index in [0.717, 1.165) is 37.3 Å². The quantitative estimate of drug-likeness (QED) is 0.830. The van der Waals surface area contributed by atoms with Crippen molar-refractivity contribution in [3.8, 4) is 5.69 Å². The Kier molecular flexibility index (Phi) is 5.76. The molecule has 154 valence electrons. The van der Waals surface area contributed by atoms with Crippen molar-refractivity contribution in [2.24, 2.45) is 5.92 Å². The number of benzene rings is 1. The number of aryl methyl sites for hydroxylation is 1. The van der Waals surface area contributed by atoms with E-state index in [-0.39, 0.29) is 17.9 Å². The third-order valence-electron chi connectivity index (χ3n) is 5.65. The first-order valence-corrected chi connectivity index (χ1v) is 10.6. The van der Waals surface area contributed by atoms with Gasteiger partial charge in [-0.25, -0.2) is 9.48 Å². The minimum Gasteiger partial charge on any atom is -0.325 e. The maximum atomic E-state index is 12.9. The fourth-order valence-electron chi connectivity index (χ4n) is 4.06. The summed E-state index contributed by atoms with van der Waals surface area (Å²) in [5, 5.41) is 8.12. The number of rotatable bonds is 3. The number of nitrogens with zero attached hydrogens (tertiary/aromatic N) is 4. The molecule has 2 aliphatic rings. The Bertz CT molecular complexity index is 898. The molecule has 1 N–H and O–H groups in total. The standard InChI is InChI=1S/C21H26ClN5O2/c1-15-13-19(27(24-15)18-6-4-5-17(22)14-18)23-20(28)16-7-11-26(12-8-16)21(29)25-9-2-3-10-25/h4-6,13-14,16H,2-3,7-12H2,1H3,(H,23,28). The molecule has 1 aromatic carbocycles. The second-order valence-electron chi connectivity index (χ2n) is 7.79. The van der Waals surface area contributed by atoms with Crippen LogP contribution in [-0.4, -0.2) is 57.7 Å². The van der Waals surface area contributed by atoms with E-state index in [1.165, 1.54) is 0 Å². The Morgan fingerprint density at radius 1 is 1.07 bits per heavy atom. The van der Waals surface area contributed by atoms with Gasteiger partial charge in [-0.1, -0.05) is 17.7 Å². The number of hydrogen-bond donors (Lipinski definition) is 1. The number of hydrogen-bond acceptors (Lipinski definition) is 3. The molecule has 29 heavy (non-hydrogen) atoms. The minimum absolute atomic E-state index is 0.0264. The predicted octanol–water partition coefficient (Wildman–Crippen LogP) is 3.70. The van der Waals surface area contributed by atoms with Gasteiger partial charge in [0, 0.05) is 43.2 Å². The van der Waals surface area contributed by atoms with Crippen LogP contribution in [0.4, 0.5) is 10.6 Å². The molecule has 2 saturated heterocycles. The molecule has 2 fully saturated rings. The zero-order chi connectivity index (χ0) is 20.4. The molecular formula is C21H26ClN5O2. The Hall–Kier alpha value is -2.54. The average molecular weight is 416 g/mol. The topological polar surface area (TPSA) is 70.5 Å². The normalized spacial score (nSPS) is 17.6. The molecule has 0 aliphatic carbocycles. The first-order chi connectivity index (χ1) is 14.0. The molecular weight excluding hydrogens is 390 g/mol. The lowest BCUT2D eigenvalue weighted by Crippen LogP contribution is -2.47. The largest absolute Gasteiger partial charge is 0.325 e. The lowest BCUT2D eigenvalue weighted by molar-refractivity contribution is -0.121. The van der Waals surface area contributed by atoms with Crippen LogP contribution in [0.25, 0.3) is 5.69 Å². The Labute approximate surface area is 175 Å². The second kappa shape index (κ2) is 8.45. The number of piperidine rings is 1.